The summed E-state index contributed by atoms with van der Waals surface area (Å²) in [5.74, 6) is 0.260. The molecule has 2 unspecified atom stereocenters. The number of aryl methyl sites for hydroxylation is 3. The van der Waals surface area contributed by atoms with Crippen molar-refractivity contribution in [1.82, 2.24) is 14.7 Å². The third-order valence-corrected chi connectivity index (χ3v) is 5.24. The van der Waals surface area contributed by atoms with Crippen LogP contribution < -0.4 is 0 Å². The number of rotatable bonds is 8. The molecule has 142 valence electrons. The number of aromatic nitrogens is 2. The maximum Gasteiger partial charge on any atom is 0.223 e. The Hall–Kier alpha value is -2.10. The second-order valence-corrected chi connectivity index (χ2v) is 7.32. The van der Waals surface area contributed by atoms with Gasteiger partial charge in [0.1, 0.15) is 0 Å². The quantitative estimate of drug-likeness (QED) is 0.679. The molecule has 2 rings (SSSR count). The van der Waals surface area contributed by atoms with Gasteiger partial charge in [0, 0.05) is 24.2 Å². The van der Waals surface area contributed by atoms with Gasteiger partial charge < -0.3 is 4.90 Å². The topological polar surface area (TPSA) is 38.1 Å². The molecule has 0 radical (unpaired) electrons. The van der Waals surface area contributed by atoms with E-state index in [1.54, 1.807) is 0 Å². The lowest BCUT2D eigenvalue weighted by Crippen LogP contribution is -2.44. The zero-order chi connectivity index (χ0) is 19.3. The highest BCUT2D eigenvalue weighted by Crippen LogP contribution is 2.17. The number of hydrogen-bond donors (Lipinski definition) is 0. The monoisotopic (exact) mass is 355 g/mol. The maximum atomic E-state index is 12.8. The van der Waals surface area contributed by atoms with Crippen LogP contribution in [0.15, 0.2) is 30.3 Å². The molecule has 1 aromatic carbocycles. The Bertz CT molecular complexity index is 707. The average molecular weight is 356 g/mol. The summed E-state index contributed by atoms with van der Waals surface area (Å²) >= 11 is 0. The van der Waals surface area contributed by atoms with Crippen LogP contribution in [-0.4, -0.2) is 32.7 Å². The molecule has 4 nitrogen and oxygen atoms in total. The molecule has 26 heavy (non-hydrogen) atoms. The molecule has 0 saturated heterocycles. The Balaban J connectivity index is 2.02. The predicted octanol–water partition coefficient (Wildman–Crippen LogP) is 4.85. The highest BCUT2D eigenvalue weighted by Gasteiger charge is 2.22. The van der Waals surface area contributed by atoms with Crippen LogP contribution in [0.3, 0.4) is 0 Å². The smallest absolute Gasteiger partial charge is 0.223 e. The van der Waals surface area contributed by atoms with E-state index in [9.17, 15) is 4.79 Å². The molecular formula is C22H33N3O. The first-order valence-electron chi connectivity index (χ1n) is 9.81. The number of benzene rings is 1. The molecule has 0 spiro atoms. The summed E-state index contributed by atoms with van der Waals surface area (Å²) in [6, 6.07) is 11.1. The fourth-order valence-corrected chi connectivity index (χ4v) is 3.39. The van der Waals surface area contributed by atoms with Crippen molar-refractivity contribution in [3.05, 3.63) is 47.3 Å². The normalized spacial score (nSPS) is 13.5. The molecule has 1 amide bonds. The third-order valence-electron chi connectivity index (χ3n) is 5.24. The third kappa shape index (κ3) is 4.75. The first-order valence-corrected chi connectivity index (χ1v) is 9.81. The first kappa shape index (κ1) is 20.2. The molecule has 1 heterocycles. The fourth-order valence-electron chi connectivity index (χ4n) is 3.39. The Labute approximate surface area is 158 Å². The lowest BCUT2D eigenvalue weighted by molar-refractivity contribution is -0.135. The molecule has 0 saturated carbocycles. The van der Waals surface area contributed by atoms with Crippen molar-refractivity contribution in [3.8, 4) is 5.69 Å². The minimum Gasteiger partial charge on any atom is -0.337 e. The molecule has 0 aliphatic heterocycles. The standard InChI is InChI=1S/C22H33N3O/c1-7-17(4)24(18(5)8-2)22(26)14-11-20-9-12-21(13-10-20)25-19(6)15-16(3)23-25/h9-10,12-13,15,17-18H,7-8,11,14H2,1-6H3. The summed E-state index contributed by atoms with van der Waals surface area (Å²) in [6.07, 6.45) is 3.33. The van der Waals surface area contributed by atoms with Gasteiger partial charge in [-0.3, -0.25) is 4.79 Å². The number of hydrogen-bond acceptors (Lipinski definition) is 2. The fraction of sp³-hybridized carbons (Fsp3) is 0.545. The van der Waals surface area contributed by atoms with E-state index in [2.05, 4.69) is 74.9 Å². The van der Waals surface area contributed by atoms with Gasteiger partial charge in [0.15, 0.2) is 0 Å². The molecule has 0 fully saturated rings. The second kappa shape index (κ2) is 9.02. The summed E-state index contributed by atoms with van der Waals surface area (Å²) in [5, 5.41) is 4.52. The van der Waals surface area contributed by atoms with Gasteiger partial charge >= 0.3 is 0 Å². The van der Waals surface area contributed by atoms with Crippen molar-refractivity contribution in [2.24, 2.45) is 0 Å². The van der Waals surface area contributed by atoms with Gasteiger partial charge in [-0.15, -0.1) is 0 Å². The summed E-state index contributed by atoms with van der Waals surface area (Å²) in [6.45, 7) is 12.6. The number of nitrogens with zero attached hydrogens (tertiary/aromatic N) is 3. The lowest BCUT2D eigenvalue weighted by Gasteiger charge is -2.34. The Morgan fingerprint density at radius 3 is 2.12 bits per heavy atom. The van der Waals surface area contributed by atoms with E-state index in [0.29, 0.717) is 18.5 Å². The Morgan fingerprint density at radius 1 is 1.08 bits per heavy atom. The van der Waals surface area contributed by atoms with Crippen molar-refractivity contribution in [2.45, 2.75) is 79.3 Å². The number of amides is 1. The van der Waals surface area contributed by atoms with Crippen LogP contribution >= 0.6 is 0 Å². The van der Waals surface area contributed by atoms with Crippen LogP contribution in [0.5, 0.6) is 0 Å². The van der Waals surface area contributed by atoms with E-state index in [1.807, 2.05) is 11.6 Å². The molecule has 4 heteroatoms. The number of carbonyl (C=O) groups is 1. The summed E-state index contributed by atoms with van der Waals surface area (Å²) in [4.78, 5) is 14.8. The molecule has 2 aromatic rings. The molecule has 0 N–H and O–H groups in total. The van der Waals surface area contributed by atoms with Gasteiger partial charge in [-0.25, -0.2) is 4.68 Å². The van der Waals surface area contributed by atoms with E-state index >= 15 is 0 Å². The van der Waals surface area contributed by atoms with Crippen LogP contribution in [0.4, 0.5) is 0 Å². The van der Waals surface area contributed by atoms with Crippen molar-refractivity contribution in [3.63, 3.8) is 0 Å². The highest BCUT2D eigenvalue weighted by atomic mass is 16.2. The zero-order valence-electron chi connectivity index (χ0n) is 17.1. The van der Waals surface area contributed by atoms with E-state index in [-0.39, 0.29) is 5.91 Å². The molecule has 1 aromatic heterocycles. The van der Waals surface area contributed by atoms with Crippen LogP contribution in [0.2, 0.25) is 0 Å². The van der Waals surface area contributed by atoms with E-state index in [4.69, 9.17) is 0 Å². The summed E-state index contributed by atoms with van der Waals surface area (Å²) < 4.78 is 1.96. The van der Waals surface area contributed by atoms with Crippen molar-refractivity contribution < 1.29 is 4.79 Å². The predicted molar refractivity (Wildman–Crippen MR) is 108 cm³/mol. The summed E-state index contributed by atoms with van der Waals surface area (Å²) in [5.41, 5.74) is 4.40. The van der Waals surface area contributed by atoms with E-state index in [1.165, 1.54) is 5.56 Å². The molecular weight excluding hydrogens is 322 g/mol. The van der Waals surface area contributed by atoms with E-state index in [0.717, 1.165) is 36.3 Å². The minimum atomic E-state index is 0.260. The van der Waals surface area contributed by atoms with Gasteiger partial charge in [-0.2, -0.15) is 5.10 Å². The largest absolute Gasteiger partial charge is 0.337 e. The maximum absolute atomic E-state index is 12.8. The molecule has 0 aliphatic rings. The zero-order valence-corrected chi connectivity index (χ0v) is 17.1. The van der Waals surface area contributed by atoms with Gasteiger partial charge in [0.2, 0.25) is 5.91 Å². The van der Waals surface area contributed by atoms with Gasteiger partial charge in [0.25, 0.3) is 0 Å². The van der Waals surface area contributed by atoms with E-state index < -0.39 is 0 Å². The Kier molecular flexibility index (Phi) is 7.01. The average Bonchev–Trinajstić information content (AvgIpc) is 2.98. The minimum absolute atomic E-state index is 0.260. The van der Waals surface area contributed by atoms with Crippen molar-refractivity contribution >= 4 is 5.91 Å². The van der Waals surface area contributed by atoms with Crippen LogP contribution in [0, 0.1) is 13.8 Å². The SMILES string of the molecule is CCC(C)N(C(=O)CCc1ccc(-n2nc(C)cc2C)cc1)C(C)CC. The molecule has 2 atom stereocenters. The van der Waals surface area contributed by atoms with Crippen LogP contribution in [0.1, 0.15) is 63.9 Å². The van der Waals surface area contributed by atoms with Crippen LogP contribution in [0.25, 0.3) is 5.69 Å². The lowest BCUT2D eigenvalue weighted by atomic mass is 10.1. The second-order valence-electron chi connectivity index (χ2n) is 7.32. The highest BCUT2D eigenvalue weighted by molar-refractivity contribution is 5.77. The Morgan fingerprint density at radius 2 is 1.65 bits per heavy atom. The van der Waals surface area contributed by atoms with Crippen LogP contribution in [-0.2, 0) is 11.2 Å². The van der Waals surface area contributed by atoms with Crippen molar-refractivity contribution in [2.75, 3.05) is 0 Å². The molecule has 0 bridgehead atoms. The first-order chi connectivity index (χ1) is 12.4. The number of carbonyl (C=O) groups excluding carboxylic acids is 1. The van der Waals surface area contributed by atoms with Gasteiger partial charge in [-0.1, -0.05) is 26.0 Å². The van der Waals surface area contributed by atoms with Crippen molar-refractivity contribution in [1.29, 1.82) is 0 Å². The summed E-state index contributed by atoms with van der Waals surface area (Å²) in [7, 11) is 0. The van der Waals surface area contributed by atoms with Gasteiger partial charge in [0.05, 0.1) is 11.4 Å². The van der Waals surface area contributed by atoms with Gasteiger partial charge in [-0.05, 0) is 70.7 Å². The molecule has 0 aliphatic carbocycles.